The number of aliphatic hydroxyl groups is 2. The lowest BCUT2D eigenvalue weighted by atomic mass is 10.1. The van der Waals surface area contributed by atoms with E-state index in [2.05, 4.69) is 4.74 Å². The van der Waals surface area contributed by atoms with Crippen molar-refractivity contribution in [3.63, 3.8) is 0 Å². The van der Waals surface area contributed by atoms with Crippen LogP contribution >= 0.6 is 0 Å². The quantitative estimate of drug-likeness (QED) is 0.532. The molecule has 0 aromatic heterocycles. The lowest BCUT2D eigenvalue weighted by Gasteiger charge is -2.18. The van der Waals surface area contributed by atoms with Gasteiger partial charge in [0.15, 0.2) is 0 Å². The van der Waals surface area contributed by atoms with Gasteiger partial charge in [0.2, 0.25) is 6.29 Å². The highest BCUT2D eigenvalue weighted by Crippen LogP contribution is 2.04. The normalized spacial score (nSPS) is 14.7. The Morgan fingerprint density at radius 2 is 2.23 bits per heavy atom. The van der Waals surface area contributed by atoms with Gasteiger partial charge >= 0.3 is 5.97 Å². The van der Waals surface area contributed by atoms with Gasteiger partial charge in [-0.05, 0) is 0 Å². The van der Waals surface area contributed by atoms with E-state index in [-0.39, 0.29) is 12.8 Å². The van der Waals surface area contributed by atoms with Crippen LogP contribution in [0.1, 0.15) is 19.8 Å². The summed E-state index contributed by atoms with van der Waals surface area (Å²) in [5.74, 6) is -0.521. The summed E-state index contributed by atoms with van der Waals surface area (Å²) in [6.45, 7) is 1.04. The van der Waals surface area contributed by atoms with Gasteiger partial charge in [0.25, 0.3) is 0 Å². The average molecular weight is 189 g/mol. The second-order valence-electron chi connectivity index (χ2n) is 2.48. The first kappa shape index (κ1) is 12.1. The fourth-order valence-corrected chi connectivity index (χ4v) is 0.708. The van der Waals surface area contributed by atoms with Crippen LogP contribution in [0.3, 0.4) is 0 Å². The van der Waals surface area contributed by atoms with Crippen molar-refractivity contribution in [1.82, 2.24) is 0 Å². The van der Waals surface area contributed by atoms with Crippen molar-refractivity contribution in [3.8, 4) is 0 Å². The highest BCUT2D eigenvalue weighted by Gasteiger charge is 2.21. The van der Waals surface area contributed by atoms with Crippen molar-refractivity contribution in [2.24, 2.45) is 0 Å². The van der Waals surface area contributed by atoms with Gasteiger partial charge in [0, 0.05) is 6.42 Å². The van der Waals surface area contributed by atoms with Crippen LogP contribution in [0.25, 0.3) is 0 Å². The lowest BCUT2D eigenvalue weighted by molar-refractivity contribution is -0.155. The first-order chi connectivity index (χ1) is 6.15. The molecule has 0 aliphatic carbocycles. The number of hydrogen-bond donors (Lipinski definition) is 2. The summed E-state index contributed by atoms with van der Waals surface area (Å²) in [6.07, 6.45) is -0.770. The smallest absolute Gasteiger partial charge is 0.305 e. The molecule has 0 aliphatic rings. The third-order valence-electron chi connectivity index (χ3n) is 1.47. The van der Waals surface area contributed by atoms with Gasteiger partial charge in [-0.25, -0.2) is 0 Å². The van der Waals surface area contributed by atoms with Gasteiger partial charge in [0.05, 0.1) is 13.0 Å². The minimum absolute atomic E-state index is 0.160. The third kappa shape index (κ3) is 4.59. The molecule has 1 radical (unpaired) electrons. The molecule has 0 fully saturated rings. The topological polar surface area (TPSA) is 83.8 Å². The van der Waals surface area contributed by atoms with Crippen molar-refractivity contribution in [2.75, 3.05) is 6.61 Å². The molecule has 0 rings (SSSR count). The van der Waals surface area contributed by atoms with Gasteiger partial charge in [-0.15, -0.1) is 0 Å². The Morgan fingerprint density at radius 1 is 1.62 bits per heavy atom. The molecule has 75 valence electrons. The van der Waals surface area contributed by atoms with E-state index >= 15 is 0 Å². The van der Waals surface area contributed by atoms with Crippen LogP contribution in [0.2, 0.25) is 0 Å². The highest BCUT2D eigenvalue weighted by molar-refractivity contribution is 5.69. The number of carbonyl (C=O) groups excluding carboxylic acids is 2. The molecule has 0 heterocycles. The maximum atomic E-state index is 10.8. The van der Waals surface area contributed by atoms with E-state index in [1.165, 1.54) is 6.29 Å². The second kappa shape index (κ2) is 6.56. The van der Waals surface area contributed by atoms with Crippen LogP contribution in [0.5, 0.6) is 0 Å². The van der Waals surface area contributed by atoms with E-state index in [9.17, 15) is 9.59 Å². The molecular weight excluding hydrogens is 176 g/mol. The molecule has 0 saturated heterocycles. The number of rotatable bonds is 6. The van der Waals surface area contributed by atoms with Crippen LogP contribution < -0.4 is 0 Å². The Kier molecular flexibility index (Phi) is 6.09. The zero-order chi connectivity index (χ0) is 10.3. The van der Waals surface area contributed by atoms with E-state index in [4.69, 9.17) is 10.2 Å². The fourth-order valence-electron chi connectivity index (χ4n) is 0.708. The molecule has 0 spiro atoms. The van der Waals surface area contributed by atoms with E-state index in [1.54, 1.807) is 6.92 Å². The number of carbonyl (C=O) groups is 1. The fraction of sp³-hybridized carbons (Fsp3) is 0.750. The minimum atomic E-state index is -1.23. The minimum Gasteiger partial charge on any atom is -0.459 e. The van der Waals surface area contributed by atoms with Gasteiger partial charge < -0.3 is 14.9 Å². The van der Waals surface area contributed by atoms with Crippen molar-refractivity contribution in [2.45, 2.75) is 32.0 Å². The van der Waals surface area contributed by atoms with Crippen LogP contribution in [-0.2, 0) is 14.3 Å². The number of hydrogen-bond acceptors (Lipinski definition) is 5. The molecule has 13 heavy (non-hydrogen) atoms. The summed E-state index contributed by atoms with van der Waals surface area (Å²) in [5, 5.41) is 17.6. The summed E-state index contributed by atoms with van der Waals surface area (Å²) in [5.41, 5.74) is 0. The van der Waals surface area contributed by atoms with Gasteiger partial charge in [-0.1, -0.05) is 6.92 Å². The predicted molar refractivity (Wildman–Crippen MR) is 43.6 cm³/mol. The molecule has 5 heteroatoms. The maximum absolute atomic E-state index is 10.8. The molecule has 2 unspecified atom stereocenters. The van der Waals surface area contributed by atoms with E-state index < -0.39 is 24.8 Å². The SMILES string of the molecule is CCC(=O)OC(C[C]=O)C(O)CO. The Hall–Kier alpha value is -0.940. The van der Waals surface area contributed by atoms with Crippen molar-refractivity contribution < 1.29 is 24.5 Å². The van der Waals surface area contributed by atoms with Crippen LogP contribution in [0.15, 0.2) is 0 Å². The van der Waals surface area contributed by atoms with E-state index in [0.29, 0.717) is 0 Å². The first-order valence-corrected chi connectivity index (χ1v) is 3.99. The van der Waals surface area contributed by atoms with Crippen molar-refractivity contribution >= 4 is 12.3 Å². The molecule has 0 bridgehead atoms. The largest absolute Gasteiger partial charge is 0.459 e. The summed E-state index contributed by atoms with van der Waals surface area (Å²) in [7, 11) is 0. The Bertz CT molecular complexity index is 168. The van der Waals surface area contributed by atoms with Gasteiger partial charge in [-0.2, -0.15) is 0 Å². The Balaban J connectivity index is 4.07. The first-order valence-electron chi connectivity index (χ1n) is 3.99. The van der Waals surface area contributed by atoms with E-state index in [1.807, 2.05) is 0 Å². The molecule has 0 saturated carbocycles. The maximum Gasteiger partial charge on any atom is 0.305 e. The molecule has 2 atom stereocenters. The summed E-state index contributed by atoms with van der Waals surface area (Å²) in [4.78, 5) is 20.8. The molecule has 5 nitrogen and oxygen atoms in total. The predicted octanol–water partition coefficient (Wildman–Crippen LogP) is -0.839. The van der Waals surface area contributed by atoms with Crippen molar-refractivity contribution in [3.05, 3.63) is 0 Å². The highest BCUT2D eigenvalue weighted by atomic mass is 16.6. The van der Waals surface area contributed by atoms with Crippen LogP contribution in [0, 0.1) is 0 Å². The standard InChI is InChI=1S/C8H13O5/c1-2-8(12)13-7(3-4-9)6(11)5-10/h6-7,10-11H,2-3,5H2,1H3. The lowest BCUT2D eigenvalue weighted by Crippen LogP contribution is -2.34. The number of esters is 1. The molecule has 0 aliphatic heterocycles. The average Bonchev–Trinajstić information content (AvgIpc) is 2.15. The number of ether oxygens (including phenoxy) is 1. The van der Waals surface area contributed by atoms with Gasteiger partial charge in [0.1, 0.15) is 12.2 Å². The Labute approximate surface area is 76.3 Å². The monoisotopic (exact) mass is 189 g/mol. The molecule has 2 N–H and O–H groups in total. The van der Waals surface area contributed by atoms with Crippen molar-refractivity contribution in [1.29, 1.82) is 0 Å². The third-order valence-corrected chi connectivity index (χ3v) is 1.47. The summed E-state index contributed by atoms with van der Waals surface area (Å²) >= 11 is 0. The molecular formula is C8H13O5. The second-order valence-corrected chi connectivity index (χ2v) is 2.48. The Morgan fingerprint density at radius 3 is 2.62 bits per heavy atom. The molecule has 0 amide bonds. The molecule has 0 aromatic carbocycles. The molecule has 0 aromatic rings. The van der Waals surface area contributed by atoms with E-state index in [0.717, 1.165) is 0 Å². The summed E-state index contributed by atoms with van der Waals surface area (Å²) in [6, 6.07) is 0. The summed E-state index contributed by atoms with van der Waals surface area (Å²) < 4.78 is 4.68. The van der Waals surface area contributed by atoms with Gasteiger partial charge in [-0.3, -0.25) is 9.59 Å². The van der Waals surface area contributed by atoms with Crippen LogP contribution in [0.4, 0.5) is 0 Å². The zero-order valence-electron chi connectivity index (χ0n) is 7.40. The van der Waals surface area contributed by atoms with Crippen LogP contribution in [-0.4, -0.2) is 41.3 Å². The number of aliphatic hydroxyl groups excluding tert-OH is 2. The zero-order valence-corrected chi connectivity index (χ0v) is 7.40.